The lowest BCUT2D eigenvalue weighted by atomic mass is 10.1. The highest BCUT2D eigenvalue weighted by Crippen LogP contribution is 2.22. The van der Waals surface area contributed by atoms with Gasteiger partial charge in [-0.05, 0) is 49.2 Å². The van der Waals surface area contributed by atoms with Crippen molar-refractivity contribution in [3.05, 3.63) is 82.6 Å². The molecule has 1 amide bonds. The van der Waals surface area contributed by atoms with Crippen LogP contribution in [-0.2, 0) is 6.73 Å². The second-order valence-electron chi connectivity index (χ2n) is 6.03. The molecule has 5 nitrogen and oxygen atoms in total. The number of nitrogens with zero attached hydrogens (tertiary/aromatic N) is 2. The van der Waals surface area contributed by atoms with Crippen LogP contribution < -0.4 is 10.1 Å². The number of carbonyl (C=O) groups excluding carboxylic acids is 1. The number of halogens is 1. The summed E-state index contributed by atoms with van der Waals surface area (Å²) in [4.78, 5) is 12.4. The van der Waals surface area contributed by atoms with Crippen molar-refractivity contribution in [1.29, 1.82) is 0 Å². The average Bonchev–Trinajstić information content (AvgIpc) is 3.11. The maximum atomic E-state index is 12.4. The van der Waals surface area contributed by atoms with E-state index in [0.29, 0.717) is 10.7 Å². The molecule has 0 radical (unpaired) electrons. The first kappa shape index (κ1) is 18.0. The van der Waals surface area contributed by atoms with Gasteiger partial charge in [-0.3, -0.25) is 4.79 Å². The summed E-state index contributed by atoms with van der Waals surface area (Å²) < 4.78 is 7.31. The van der Waals surface area contributed by atoms with E-state index in [-0.39, 0.29) is 18.7 Å². The molecule has 0 spiro atoms. The molecule has 1 N–H and O–H groups in total. The fourth-order valence-electron chi connectivity index (χ4n) is 2.56. The highest BCUT2D eigenvalue weighted by Gasteiger charge is 2.14. The van der Waals surface area contributed by atoms with Crippen molar-refractivity contribution in [2.45, 2.75) is 26.6 Å². The van der Waals surface area contributed by atoms with Gasteiger partial charge in [-0.25, -0.2) is 4.68 Å². The molecule has 1 heterocycles. The fourth-order valence-corrected chi connectivity index (χ4v) is 2.79. The van der Waals surface area contributed by atoms with Crippen molar-refractivity contribution >= 4 is 17.5 Å². The van der Waals surface area contributed by atoms with Crippen LogP contribution in [0, 0.1) is 6.92 Å². The van der Waals surface area contributed by atoms with Crippen LogP contribution in [0.4, 0.5) is 0 Å². The second-order valence-corrected chi connectivity index (χ2v) is 6.47. The highest BCUT2D eigenvalue weighted by molar-refractivity contribution is 6.30. The third-order valence-corrected chi connectivity index (χ3v) is 4.24. The smallest absolute Gasteiger partial charge is 0.272 e. The van der Waals surface area contributed by atoms with E-state index in [2.05, 4.69) is 10.4 Å². The molecule has 6 heteroatoms. The average molecular weight is 370 g/mol. The lowest BCUT2D eigenvalue weighted by Gasteiger charge is -2.13. The molecule has 134 valence electrons. The fraction of sp³-hybridized carbons (Fsp3) is 0.200. The predicted molar refractivity (Wildman–Crippen MR) is 101 cm³/mol. The van der Waals surface area contributed by atoms with Gasteiger partial charge in [0.15, 0.2) is 6.73 Å². The zero-order valence-corrected chi connectivity index (χ0v) is 15.4. The Hall–Kier alpha value is -2.79. The Kier molecular flexibility index (Phi) is 5.58. The Bertz CT molecular complexity index is 893. The number of hydrogen-bond acceptors (Lipinski definition) is 3. The molecule has 1 aromatic heterocycles. The summed E-state index contributed by atoms with van der Waals surface area (Å²) in [6.45, 7) is 4.08. The molecule has 26 heavy (non-hydrogen) atoms. The van der Waals surface area contributed by atoms with Gasteiger partial charge in [0.25, 0.3) is 5.91 Å². The van der Waals surface area contributed by atoms with Crippen LogP contribution in [0.15, 0.2) is 60.8 Å². The number of nitrogens with one attached hydrogen (secondary N) is 1. The van der Waals surface area contributed by atoms with Gasteiger partial charge in [0.1, 0.15) is 11.4 Å². The lowest BCUT2D eigenvalue weighted by molar-refractivity contribution is 0.0932. The number of hydrogen-bond donors (Lipinski definition) is 1. The van der Waals surface area contributed by atoms with Gasteiger partial charge >= 0.3 is 0 Å². The van der Waals surface area contributed by atoms with Crippen molar-refractivity contribution in [2.75, 3.05) is 0 Å². The van der Waals surface area contributed by atoms with E-state index in [1.165, 1.54) is 0 Å². The highest BCUT2D eigenvalue weighted by atomic mass is 35.5. The van der Waals surface area contributed by atoms with Crippen molar-refractivity contribution in [1.82, 2.24) is 15.1 Å². The molecule has 3 aromatic rings. The molecule has 0 aliphatic carbocycles. The quantitative estimate of drug-likeness (QED) is 0.701. The summed E-state index contributed by atoms with van der Waals surface area (Å²) in [6.07, 6.45) is 1.72. The van der Waals surface area contributed by atoms with Crippen molar-refractivity contribution < 1.29 is 9.53 Å². The number of rotatable bonds is 6. The first-order valence-electron chi connectivity index (χ1n) is 8.31. The Morgan fingerprint density at radius 1 is 1.23 bits per heavy atom. The van der Waals surface area contributed by atoms with Crippen LogP contribution in [0.1, 0.15) is 34.6 Å². The van der Waals surface area contributed by atoms with E-state index < -0.39 is 0 Å². The SMILES string of the molecule is Cc1cc(Cl)ccc1OCn1ccc(C(=O)NC(C)c2ccccc2)n1. The third kappa shape index (κ3) is 4.43. The zero-order chi connectivity index (χ0) is 18.5. The van der Waals surface area contributed by atoms with E-state index in [4.69, 9.17) is 16.3 Å². The molecular weight excluding hydrogens is 350 g/mol. The zero-order valence-electron chi connectivity index (χ0n) is 14.6. The number of carbonyl (C=O) groups is 1. The molecule has 1 atom stereocenters. The minimum atomic E-state index is -0.220. The van der Waals surface area contributed by atoms with Crippen LogP contribution in [0.5, 0.6) is 5.75 Å². The number of ether oxygens (including phenoxy) is 1. The molecule has 0 aliphatic heterocycles. The van der Waals surface area contributed by atoms with E-state index in [9.17, 15) is 4.79 Å². The number of amides is 1. The first-order valence-corrected chi connectivity index (χ1v) is 8.69. The molecule has 1 unspecified atom stereocenters. The molecule has 0 saturated heterocycles. The van der Waals surface area contributed by atoms with Crippen molar-refractivity contribution in [2.24, 2.45) is 0 Å². The first-order chi connectivity index (χ1) is 12.5. The normalized spacial score (nSPS) is 11.8. The summed E-state index contributed by atoms with van der Waals surface area (Å²) in [5.41, 5.74) is 2.34. The molecule has 0 saturated carbocycles. The van der Waals surface area contributed by atoms with Gasteiger partial charge < -0.3 is 10.1 Å². The van der Waals surface area contributed by atoms with Crippen LogP contribution in [-0.4, -0.2) is 15.7 Å². The largest absolute Gasteiger partial charge is 0.471 e. The van der Waals surface area contributed by atoms with Crippen LogP contribution in [0.3, 0.4) is 0 Å². The predicted octanol–water partition coefficient (Wildman–Crippen LogP) is 4.37. The topological polar surface area (TPSA) is 56.1 Å². The molecule has 0 bridgehead atoms. The van der Waals surface area contributed by atoms with Crippen molar-refractivity contribution in [3.63, 3.8) is 0 Å². The van der Waals surface area contributed by atoms with E-state index >= 15 is 0 Å². The summed E-state index contributed by atoms with van der Waals surface area (Å²) in [6, 6.07) is 16.8. The van der Waals surface area contributed by atoms with Gasteiger partial charge in [-0.1, -0.05) is 41.9 Å². The van der Waals surface area contributed by atoms with Crippen LogP contribution >= 0.6 is 11.6 Å². The standard InChI is InChI=1S/C20H20ClN3O2/c1-14-12-17(21)8-9-19(14)26-13-24-11-10-18(23-24)20(25)22-15(2)16-6-4-3-5-7-16/h3-12,15H,13H2,1-2H3,(H,22,25). The maximum Gasteiger partial charge on any atom is 0.272 e. The minimum Gasteiger partial charge on any atom is -0.471 e. The van der Waals surface area contributed by atoms with Gasteiger partial charge in [0.05, 0.1) is 6.04 Å². The monoisotopic (exact) mass is 369 g/mol. The van der Waals surface area contributed by atoms with E-state index in [1.807, 2.05) is 56.3 Å². The third-order valence-electron chi connectivity index (χ3n) is 4.01. The van der Waals surface area contributed by atoms with Gasteiger partial charge in [0, 0.05) is 11.2 Å². The van der Waals surface area contributed by atoms with Crippen molar-refractivity contribution in [3.8, 4) is 5.75 Å². The summed E-state index contributed by atoms with van der Waals surface area (Å²) in [5.74, 6) is 0.511. The molecule has 0 aliphatic rings. The van der Waals surface area contributed by atoms with E-state index in [1.54, 1.807) is 23.0 Å². The Morgan fingerprint density at radius 3 is 2.73 bits per heavy atom. The van der Waals surface area contributed by atoms with Gasteiger partial charge in [-0.15, -0.1) is 0 Å². The Balaban J connectivity index is 1.59. The number of aryl methyl sites for hydroxylation is 1. The molecule has 2 aromatic carbocycles. The van der Waals surface area contributed by atoms with Gasteiger partial charge in [0.2, 0.25) is 0 Å². The summed E-state index contributed by atoms with van der Waals surface area (Å²) >= 11 is 5.94. The second kappa shape index (κ2) is 8.06. The van der Waals surface area contributed by atoms with Gasteiger partial charge in [-0.2, -0.15) is 5.10 Å². The Morgan fingerprint density at radius 2 is 2.00 bits per heavy atom. The summed E-state index contributed by atoms with van der Waals surface area (Å²) in [5, 5.41) is 7.88. The minimum absolute atomic E-state index is 0.0955. The molecular formula is C20H20ClN3O2. The van der Waals surface area contributed by atoms with Crippen LogP contribution in [0.2, 0.25) is 5.02 Å². The van der Waals surface area contributed by atoms with E-state index in [0.717, 1.165) is 16.9 Å². The number of aromatic nitrogens is 2. The lowest BCUT2D eigenvalue weighted by Crippen LogP contribution is -2.27. The number of benzene rings is 2. The summed E-state index contributed by atoms with van der Waals surface area (Å²) in [7, 11) is 0. The molecule has 0 fully saturated rings. The maximum absolute atomic E-state index is 12.4. The molecule has 3 rings (SSSR count). The van der Waals surface area contributed by atoms with Crippen LogP contribution in [0.25, 0.3) is 0 Å². The Labute approximate surface area is 157 Å².